The second-order valence-corrected chi connectivity index (χ2v) is 6.87. The van der Waals surface area contributed by atoms with Gasteiger partial charge in [-0.3, -0.25) is 0 Å². The summed E-state index contributed by atoms with van der Waals surface area (Å²) in [4.78, 5) is 0. The van der Waals surface area contributed by atoms with Crippen LogP contribution in [-0.4, -0.2) is 21.9 Å². The van der Waals surface area contributed by atoms with Gasteiger partial charge in [0.1, 0.15) is 0 Å². The molecular weight excluding hydrogens is 348 g/mol. The van der Waals surface area contributed by atoms with Crippen molar-refractivity contribution >= 4 is 5.57 Å². The summed E-state index contributed by atoms with van der Waals surface area (Å²) in [6, 6.07) is 29.3. The van der Waals surface area contributed by atoms with Gasteiger partial charge in [-0.2, -0.15) is 0 Å². The molecular formula is C25H22O3. The quantitative estimate of drug-likeness (QED) is 0.544. The molecule has 0 heterocycles. The first-order valence-electron chi connectivity index (χ1n) is 9.35. The van der Waals surface area contributed by atoms with Gasteiger partial charge in [0, 0.05) is 6.61 Å². The van der Waals surface area contributed by atoms with E-state index < -0.39 is 11.4 Å². The molecule has 0 atom stereocenters. The average molecular weight is 370 g/mol. The molecule has 3 aromatic carbocycles. The molecule has 1 aliphatic rings. The molecule has 0 unspecified atom stereocenters. The van der Waals surface area contributed by atoms with Gasteiger partial charge in [0.2, 0.25) is 0 Å². The lowest BCUT2D eigenvalue weighted by Crippen LogP contribution is -2.43. The van der Waals surface area contributed by atoms with E-state index >= 15 is 0 Å². The molecule has 0 spiro atoms. The molecule has 0 fully saturated rings. The van der Waals surface area contributed by atoms with Crippen molar-refractivity contribution in [3.63, 3.8) is 0 Å². The van der Waals surface area contributed by atoms with E-state index in [0.717, 1.165) is 27.8 Å². The molecule has 3 aromatic rings. The number of hydrogen-bond donors (Lipinski definition) is 3. The lowest BCUT2D eigenvalue weighted by molar-refractivity contribution is 0.180. The van der Waals surface area contributed by atoms with Gasteiger partial charge in [0.15, 0.2) is 0 Å². The molecule has 0 radical (unpaired) electrons. The Labute approximate surface area is 164 Å². The van der Waals surface area contributed by atoms with Crippen LogP contribution in [0.4, 0.5) is 0 Å². The van der Waals surface area contributed by atoms with Gasteiger partial charge in [-0.05, 0) is 34.3 Å². The van der Waals surface area contributed by atoms with Gasteiger partial charge >= 0.3 is 0 Å². The second-order valence-electron chi connectivity index (χ2n) is 6.87. The van der Waals surface area contributed by atoms with Crippen LogP contribution in [0, 0.1) is 0 Å². The minimum atomic E-state index is -0.810. The Morgan fingerprint density at radius 2 is 1.14 bits per heavy atom. The first-order valence-corrected chi connectivity index (χ1v) is 9.35. The standard InChI is InChI=1S/C25H22O3/c26-17-16-21-22(18-10-4-1-5-11-18)23(24(27)28)25(21,19-12-6-2-7-13-19)20-14-8-3-9-15-20/h1-15,26-28H,16-17H2. The lowest BCUT2D eigenvalue weighted by Gasteiger charge is -2.49. The zero-order chi connectivity index (χ0) is 19.6. The van der Waals surface area contributed by atoms with Crippen LogP contribution in [0.15, 0.2) is 108 Å². The summed E-state index contributed by atoms with van der Waals surface area (Å²) in [5, 5.41) is 30.6. The highest BCUT2D eigenvalue weighted by molar-refractivity contribution is 5.97. The minimum Gasteiger partial charge on any atom is -0.481 e. The molecule has 0 bridgehead atoms. The molecule has 3 heteroatoms. The third-order valence-corrected chi connectivity index (χ3v) is 5.44. The fourth-order valence-corrected chi connectivity index (χ4v) is 4.42. The number of aliphatic hydroxyl groups is 3. The summed E-state index contributed by atoms with van der Waals surface area (Å²) in [5.41, 5.74) is 4.23. The molecule has 140 valence electrons. The summed E-state index contributed by atoms with van der Waals surface area (Å²) in [7, 11) is 0. The highest BCUT2D eigenvalue weighted by Gasteiger charge is 2.54. The van der Waals surface area contributed by atoms with E-state index in [0.29, 0.717) is 12.0 Å². The predicted octanol–water partition coefficient (Wildman–Crippen LogP) is 5.15. The Bertz CT molecular complexity index is 976. The number of rotatable bonds is 5. The third kappa shape index (κ3) is 2.63. The van der Waals surface area contributed by atoms with E-state index in [9.17, 15) is 15.3 Å². The Hall–Kier alpha value is -3.30. The van der Waals surface area contributed by atoms with Gasteiger partial charge < -0.3 is 15.3 Å². The first-order chi connectivity index (χ1) is 13.7. The highest BCUT2D eigenvalue weighted by Crippen LogP contribution is 2.61. The van der Waals surface area contributed by atoms with Crippen molar-refractivity contribution in [2.75, 3.05) is 6.61 Å². The van der Waals surface area contributed by atoms with Gasteiger partial charge in [0.05, 0.1) is 11.0 Å². The predicted molar refractivity (Wildman–Crippen MR) is 111 cm³/mol. The van der Waals surface area contributed by atoms with Crippen molar-refractivity contribution in [1.29, 1.82) is 0 Å². The van der Waals surface area contributed by atoms with Gasteiger partial charge in [0.25, 0.3) is 5.95 Å². The van der Waals surface area contributed by atoms with Crippen molar-refractivity contribution in [2.45, 2.75) is 11.8 Å². The van der Waals surface area contributed by atoms with Crippen molar-refractivity contribution in [2.24, 2.45) is 0 Å². The van der Waals surface area contributed by atoms with Crippen LogP contribution in [0.2, 0.25) is 0 Å². The van der Waals surface area contributed by atoms with Crippen molar-refractivity contribution in [1.82, 2.24) is 0 Å². The third-order valence-electron chi connectivity index (χ3n) is 5.44. The minimum absolute atomic E-state index is 0.0213. The molecule has 28 heavy (non-hydrogen) atoms. The summed E-state index contributed by atoms with van der Waals surface area (Å²) in [6.45, 7) is -0.0213. The molecule has 1 aliphatic carbocycles. The molecule has 3 N–H and O–H groups in total. The van der Waals surface area contributed by atoms with Crippen LogP contribution in [0.5, 0.6) is 0 Å². The molecule has 0 saturated carbocycles. The zero-order valence-electron chi connectivity index (χ0n) is 15.4. The Balaban J connectivity index is 2.10. The van der Waals surface area contributed by atoms with Crippen molar-refractivity contribution in [3.05, 3.63) is 125 Å². The van der Waals surface area contributed by atoms with Crippen LogP contribution in [0.1, 0.15) is 23.1 Å². The number of hydrogen-bond acceptors (Lipinski definition) is 3. The molecule has 4 rings (SSSR count). The monoisotopic (exact) mass is 370 g/mol. The van der Waals surface area contributed by atoms with Gasteiger partial charge in [-0.25, -0.2) is 0 Å². The second kappa shape index (κ2) is 7.37. The average Bonchev–Trinajstić information content (AvgIpc) is 2.73. The van der Waals surface area contributed by atoms with E-state index in [1.165, 1.54) is 0 Å². The van der Waals surface area contributed by atoms with E-state index in [-0.39, 0.29) is 6.61 Å². The van der Waals surface area contributed by atoms with E-state index in [1.807, 2.05) is 91.0 Å². The summed E-state index contributed by atoms with van der Waals surface area (Å²) in [5.74, 6) is -0.687. The highest BCUT2D eigenvalue weighted by atomic mass is 16.5. The van der Waals surface area contributed by atoms with E-state index in [4.69, 9.17) is 0 Å². The maximum Gasteiger partial charge on any atom is 0.279 e. The SMILES string of the molecule is OCCC1=C(c2ccccc2)C(=C(O)O)C1(c1ccccc1)c1ccccc1. The lowest BCUT2D eigenvalue weighted by atomic mass is 9.52. The smallest absolute Gasteiger partial charge is 0.279 e. The van der Waals surface area contributed by atoms with E-state index in [1.54, 1.807) is 0 Å². The summed E-state index contributed by atoms with van der Waals surface area (Å²) < 4.78 is 0. The van der Waals surface area contributed by atoms with Crippen LogP contribution < -0.4 is 0 Å². The number of allylic oxidation sites excluding steroid dienone is 2. The topological polar surface area (TPSA) is 60.7 Å². The fourth-order valence-electron chi connectivity index (χ4n) is 4.42. The van der Waals surface area contributed by atoms with Gasteiger partial charge in [-0.15, -0.1) is 0 Å². The molecule has 0 amide bonds. The molecule has 0 saturated heterocycles. The van der Waals surface area contributed by atoms with Crippen LogP contribution in [0.3, 0.4) is 0 Å². The number of aliphatic hydroxyl groups excluding tert-OH is 2. The maximum atomic E-state index is 10.4. The Morgan fingerprint density at radius 1 is 0.679 bits per heavy atom. The van der Waals surface area contributed by atoms with Crippen LogP contribution in [0.25, 0.3) is 5.57 Å². The molecule has 3 nitrogen and oxygen atoms in total. The summed E-state index contributed by atoms with van der Waals surface area (Å²) >= 11 is 0. The van der Waals surface area contributed by atoms with Crippen molar-refractivity contribution in [3.8, 4) is 0 Å². The first kappa shape index (κ1) is 18.1. The Morgan fingerprint density at radius 3 is 1.57 bits per heavy atom. The number of benzene rings is 3. The fraction of sp³-hybridized carbons (Fsp3) is 0.120. The molecule has 0 aromatic heterocycles. The van der Waals surface area contributed by atoms with Crippen molar-refractivity contribution < 1.29 is 15.3 Å². The largest absolute Gasteiger partial charge is 0.481 e. The molecule has 0 aliphatic heterocycles. The van der Waals surface area contributed by atoms with E-state index in [2.05, 4.69) is 0 Å². The summed E-state index contributed by atoms with van der Waals surface area (Å²) in [6.07, 6.45) is 0.435. The zero-order valence-corrected chi connectivity index (χ0v) is 15.4. The van der Waals surface area contributed by atoms with Crippen LogP contribution >= 0.6 is 0 Å². The Kier molecular flexibility index (Phi) is 4.76. The van der Waals surface area contributed by atoms with Crippen LogP contribution in [-0.2, 0) is 5.41 Å². The maximum absolute atomic E-state index is 10.4. The van der Waals surface area contributed by atoms with Gasteiger partial charge in [-0.1, -0.05) is 91.0 Å². The normalized spacial score (nSPS) is 15.2.